The lowest BCUT2D eigenvalue weighted by Crippen LogP contribution is -2.38. The van der Waals surface area contributed by atoms with E-state index in [1.54, 1.807) is 0 Å². The summed E-state index contributed by atoms with van der Waals surface area (Å²) in [5.74, 6) is 1.27. The van der Waals surface area contributed by atoms with E-state index in [0.717, 1.165) is 56.3 Å². The SMILES string of the molecule is ClCc1nc2c(Cl)cccc2n1CCN1CCOCC1. The van der Waals surface area contributed by atoms with Crippen LogP contribution in [0.25, 0.3) is 11.0 Å². The highest BCUT2D eigenvalue weighted by molar-refractivity contribution is 6.35. The van der Waals surface area contributed by atoms with Gasteiger partial charge in [0.25, 0.3) is 0 Å². The van der Waals surface area contributed by atoms with Crippen molar-refractivity contribution in [3.05, 3.63) is 29.0 Å². The monoisotopic (exact) mass is 313 g/mol. The number of ether oxygens (including phenoxy) is 1. The second-order valence-electron chi connectivity index (χ2n) is 4.87. The molecule has 1 aromatic carbocycles. The van der Waals surface area contributed by atoms with Crippen molar-refractivity contribution in [3.8, 4) is 0 Å². The Morgan fingerprint density at radius 1 is 1.20 bits per heavy atom. The predicted molar refractivity (Wildman–Crippen MR) is 81.6 cm³/mol. The van der Waals surface area contributed by atoms with Crippen LogP contribution in [0, 0.1) is 0 Å². The Hall–Kier alpha value is -0.810. The van der Waals surface area contributed by atoms with Gasteiger partial charge >= 0.3 is 0 Å². The van der Waals surface area contributed by atoms with Gasteiger partial charge in [-0.25, -0.2) is 4.98 Å². The van der Waals surface area contributed by atoms with Crippen LogP contribution < -0.4 is 0 Å². The average Bonchev–Trinajstić information content (AvgIpc) is 2.85. The molecule has 0 saturated carbocycles. The molecular weight excluding hydrogens is 297 g/mol. The molecule has 0 N–H and O–H groups in total. The highest BCUT2D eigenvalue weighted by Gasteiger charge is 2.14. The highest BCUT2D eigenvalue weighted by Crippen LogP contribution is 2.24. The minimum Gasteiger partial charge on any atom is -0.379 e. The molecule has 1 aliphatic heterocycles. The largest absolute Gasteiger partial charge is 0.379 e. The van der Waals surface area contributed by atoms with Gasteiger partial charge in [-0.2, -0.15) is 0 Å². The van der Waals surface area contributed by atoms with E-state index in [2.05, 4.69) is 14.5 Å². The Kier molecular flexibility index (Phi) is 4.46. The fourth-order valence-electron chi connectivity index (χ4n) is 2.58. The van der Waals surface area contributed by atoms with Crippen molar-refractivity contribution >= 4 is 34.2 Å². The lowest BCUT2D eigenvalue weighted by molar-refractivity contribution is 0.0364. The van der Waals surface area contributed by atoms with Gasteiger partial charge in [0, 0.05) is 26.2 Å². The van der Waals surface area contributed by atoms with Crippen LogP contribution in [0.1, 0.15) is 5.82 Å². The summed E-state index contributed by atoms with van der Waals surface area (Å²) < 4.78 is 7.54. The van der Waals surface area contributed by atoms with Crippen molar-refractivity contribution in [1.82, 2.24) is 14.5 Å². The number of fused-ring (bicyclic) bond motifs is 1. The number of benzene rings is 1. The molecule has 0 radical (unpaired) electrons. The first kappa shape index (κ1) is 14.1. The Balaban J connectivity index is 1.84. The van der Waals surface area contributed by atoms with Crippen LogP contribution in [0.4, 0.5) is 0 Å². The summed E-state index contributed by atoms with van der Waals surface area (Å²) in [6.45, 7) is 5.47. The smallest absolute Gasteiger partial charge is 0.124 e. The van der Waals surface area contributed by atoms with Gasteiger partial charge in [0.15, 0.2) is 0 Å². The molecule has 4 nitrogen and oxygen atoms in total. The molecule has 3 rings (SSSR count). The molecule has 1 fully saturated rings. The normalized spacial score (nSPS) is 16.9. The van der Waals surface area contributed by atoms with E-state index < -0.39 is 0 Å². The van der Waals surface area contributed by atoms with Crippen molar-refractivity contribution in [2.75, 3.05) is 32.8 Å². The van der Waals surface area contributed by atoms with Crippen LogP contribution >= 0.6 is 23.2 Å². The fourth-order valence-corrected chi connectivity index (χ4v) is 2.99. The average molecular weight is 314 g/mol. The summed E-state index contributed by atoms with van der Waals surface area (Å²) in [6.07, 6.45) is 0. The molecule has 6 heteroatoms. The molecular formula is C14H17Cl2N3O. The summed E-state index contributed by atoms with van der Waals surface area (Å²) in [5, 5.41) is 0.680. The van der Waals surface area contributed by atoms with E-state index in [1.807, 2.05) is 18.2 Å². The quantitative estimate of drug-likeness (QED) is 0.813. The number of hydrogen-bond donors (Lipinski definition) is 0. The van der Waals surface area contributed by atoms with Gasteiger partial charge in [-0.15, -0.1) is 11.6 Å². The van der Waals surface area contributed by atoms with Gasteiger partial charge < -0.3 is 9.30 Å². The molecule has 0 spiro atoms. The molecule has 2 heterocycles. The Labute approximate surface area is 128 Å². The Morgan fingerprint density at radius 2 is 2.00 bits per heavy atom. The fraction of sp³-hybridized carbons (Fsp3) is 0.500. The van der Waals surface area contributed by atoms with Gasteiger partial charge in [-0.3, -0.25) is 4.90 Å². The molecule has 0 bridgehead atoms. The van der Waals surface area contributed by atoms with E-state index in [0.29, 0.717) is 10.9 Å². The van der Waals surface area contributed by atoms with Crippen LogP contribution in [0.5, 0.6) is 0 Å². The van der Waals surface area contributed by atoms with E-state index in [9.17, 15) is 0 Å². The van der Waals surface area contributed by atoms with Crippen LogP contribution in [0.2, 0.25) is 5.02 Å². The number of morpholine rings is 1. The second kappa shape index (κ2) is 6.31. The summed E-state index contributed by atoms with van der Waals surface area (Å²) in [7, 11) is 0. The molecule has 0 amide bonds. The molecule has 20 heavy (non-hydrogen) atoms. The summed E-state index contributed by atoms with van der Waals surface area (Å²) in [4.78, 5) is 6.95. The maximum Gasteiger partial charge on any atom is 0.124 e. The number of nitrogens with zero attached hydrogens (tertiary/aromatic N) is 3. The van der Waals surface area contributed by atoms with Crippen LogP contribution in [-0.2, 0) is 17.2 Å². The van der Waals surface area contributed by atoms with E-state index in [-0.39, 0.29) is 0 Å². The molecule has 108 valence electrons. The Morgan fingerprint density at radius 3 is 2.75 bits per heavy atom. The number of rotatable bonds is 4. The Bertz CT molecular complexity index is 593. The van der Waals surface area contributed by atoms with Crippen molar-refractivity contribution < 1.29 is 4.74 Å². The maximum atomic E-state index is 6.20. The first-order valence-electron chi connectivity index (χ1n) is 6.79. The minimum atomic E-state index is 0.397. The van der Waals surface area contributed by atoms with Crippen molar-refractivity contribution in [3.63, 3.8) is 0 Å². The maximum absolute atomic E-state index is 6.20. The molecule has 0 unspecified atom stereocenters. The van der Waals surface area contributed by atoms with Gasteiger partial charge in [0.2, 0.25) is 0 Å². The molecule has 1 aromatic heterocycles. The van der Waals surface area contributed by atoms with Crippen LogP contribution in [0.3, 0.4) is 0 Å². The third kappa shape index (κ3) is 2.79. The molecule has 0 atom stereocenters. The predicted octanol–water partition coefficient (Wildman–Crippen LogP) is 2.76. The zero-order valence-electron chi connectivity index (χ0n) is 11.2. The zero-order valence-corrected chi connectivity index (χ0v) is 12.7. The van der Waals surface area contributed by atoms with E-state index >= 15 is 0 Å². The number of halogens is 2. The van der Waals surface area contributed by atoms with Crippen molar-refractivity contribution in [2.45, 2.75) is 12.4 Å². The first-order valence-corrected chi connectivity index (χ1v) is 7.70. The van der Waals surface area contributed by atoms with Gasteiger partial charge in [0.1, 0.15) is 11.3 Å². The number of imidazole rings is 1. The highest BCUT2D eigenvalue weighted by atomic mass is 35.5. The minimum absolute atomic E-state index is 0.397. The number of aromatic nitrogens is 2. The number of alkyl halides is 1. The second-order valence-corrected chi connectivity index (χ2v) is 5.55. The number of para-hydroxylation sites is 1. The van der Waals surface area contributed by atoms with Crippen molar-refractivity contribution in [2.24, 2.45) is 0 Å². The van der Waals surface area contributed by atoms with Crippen LogP contribution in [-0.4, -0.2) is 47.3 Å². The van der Waals surface area contributed by atoms with Gasteiger partial charge in [0.05, 0.1) is 29.6 Å². The van der Waals surface area contributed by atoms with Crippen LogP contribution in [0.15, 0.2) is 18.2 Å². The van der Waals surface area contributed by atoms with E-state index in [1.165, 1.54) is 0 Å². The molecule has 0 aliphatic carbocycles. The third-order valence-corrected chi connectivity index (χ3v) is 4.22. The molecule has 1 saturated heterocycles. The summed E-state index contributed by atoms with van der Waals surface area (Å²) in [6, 6.07) is 5.86. The standard InChI is InChI=1S/C14H17Cl2N3O/c15-10-13-17-14-11(16)2-1-3-12(14)19(13)5-4-18-6-8-20-9-7-18/h1-3H,4-10H2. The van der Waals surface area contributed by atoms with Crippen molar-refractivity contribution in [1.29, 1.82) is 0 Å². The van der Waals surface area contributed by atoms with E-state index in [4.69, 9.17) is 27.9 Å². The van der Waals surface area contributed by atoms with Gasteiger partial charge in [-0.05, 0) is 12.1 Å². The topological polar surface area (TPSA) is 30.3 Å². The van der Waals surface area contributed by atoms with Gasteiger partial charge in [-0.1, -0.05) is 17.7 Å². The third-order valence-electron chi connectivity index (χ3n) is 3.67. The lowest BCUT2D eigenvalue weighted by Gasteiger charge is -2.26. The zero-order chi connectivity index (χ0) is 13.9. The molecule has 1 aliphatic rings. The summed E-state index contributed by atoms with van der Waals surface area (Å²) in [5.41, 5.74) is 1.90. The molecule has 2 aromatic rings. The number of hydrogen-bond acceptors (Lipinski definition) is 3. The first-order chi connectivity index (χ1) is 9.79. The lowest BCUT2D eigenvalue weighted by atomic mass is 10.3. The summed E-state index contributed by atoms with van der Waals surface area (Å²) >= 11 is 12.2.